The monoisotopic (exact) mass is 458 g/mol. The second kappa shape index (κ2) is 9.58. The van der Waals surface area contributed by atoms with Crippen molar-refractivity contribution < 1.29 is 19.1 Å². The second-order valence-electron chi connectivity index (χ2n) is 7.07. The average Bonchev–Trinajstić information content (AvgIpc) is 3.11. The number of hydrogen-bond acceptors (Lipinski definition) is 5. The maximum absolute atomic E-state index is 13.1. The Hall–Kier alpha value is -1.44. The lowest BCUT2D eigenvalue weighted by atomic mass is 10.0. The van der Waals surface area contributed by atoms with Crippen LogP contribution in [0.4, 0.5) is 0 Å². The Morgan fingerprint density at radius 1 is 1.10 bits per heavy atom. The molecule has 0 aliphatic carbocycles. The molecule has 2 heterocycles. The number of carbonyl (C=O) groups is 3. The molecule has 0 radical (unpaired) electrons. The molecule has 0 unspecified atom stereocenters. The SMILES string of the molecule is CCOC(=O)CCC(=O)N1CCC2(CC1)SCCN2C(=O)c1ccc(Cl)c(Cl)c1. The summed E-state index contributed by atoms with van der Waals surface area (Å²) in [5.41, 5.74) is 0.522. The molecule has 2 aliphatic rings. The minimum atomic E-state index is -0.348. The highest BCUT2D eigenvalue weighted by Gasteiger charge is 2.47. The zero-order valence-corrected chi connectivity index (χ0v) is 18.6. The van der Waals surface area contributed by atoms with Gasteiger partial charge in [-0.3, -0.25) is 14.4 Å². The molecular weight excluding hydrogens is 435 g/mol. The number of ether oxygens (including phenoxy) is 1. The lowest BCUT2D eigenvalue weighted by molar-refractivity contribution is -0.146. The molecule has 2 amide bonds. The van der Waals surface area contributed by atoms with Crippen LogP contribution in [0, 0.1) is 0 Å². The molecule has 2 saturated heterocycles. The fraction of sp³-hybridized carbons (Fsp3) is 0.550. The van der Waals surface area contributed by atoms with Crippen LogP contribution < -0.4 is 0 Å². The van der Waals surface area contributed by atoms with Gasteiger partial charge in [0.15, 0.2) is 0 Å². The number of likely N-dealkylation sites (tertiary alicyclic amines) is 1. The number of hydrogen-bond donors (Lipinski definition) is 0. The average molecular weight is 459 g/mol. The molecule has 0 N–H and O–H groups in total. The topological polar surface area (TPSA) is 66.9 Å². The maximum atomic E-state index is 13.1. The Kier molecular flexibility index (Phi) is 7.35. The van der Waals surface area contributed by atoms with Gasteiger partial charge in [0.2, 0.25) is 5.91 Å². The Labute approximate surface area is 184 Å². The van der Waals surface area contributed by atoms with Gasteiger partial charge in [-0.05, 0) is 38.0 Å². The van der Waals surface area contributed by atoms with E-state index in [4.69, 9.17) is 27.9 Å². The van der Waals surface area contributed by atoms with Crippen LogP contribution >= 0.6 is 35.0 Å². The van der Waals surface area contributed by atoms with Crippen LogP contribution in [0.1, 0.15) is 43.0 Å². The number of benzene rings is 1. The van der Waals surface area contributed by atoms with Gasteiger partial charge in [-0.2, -0.15) is 0 Å². The third-order valence-corrected chi connectivity index (χ3v) is 7.63. The molecule has 1 aromatic carbocycles. The van der Waals surface area contributed by atoms with E-state index >= 15 is 0 Å². The molecule has 3 rings (SSSR count). The smallest absolute Gasteiger partial charge is 0.306 e. The summed E-state index contributed by atoms with van der Waals surface area (Å²) < 4.78 is 4.88. The number of nitrogens with zero attached hydrogens (tertiary/aromatic N) is 2. The van der Waals surface area contributed by atoms with Crippen molar-refractivity contribution >= 4 is 52.7 Å². The van der Waals surface area contributed by atoms with Gasteiger partial charge in [0.05, 0.1) is 27.9 Å². The molecule has 0 aromatic heterocycles. The first-order valence-corrected chi connectivity index (χ1v) is 11.4. The van der Waals surface area contributed by atoms with E-state index in [1.807, 2.05) is 4.90 Å². The van der Waals surface area contributed by atoms with Crippen LogP contribution in [0.3, 0.4) is 0 Å². The number of carbonyl (C=O) groups excluding carboxylic acids is 3. The lowest BCUT2D eigenvalue weighted by Gasteiger charge is -2.44. The molecule has 2 fully saturated rings. The predicted molar refractivity (Wildman–Crippen MR) is 114 cm³/mol. The third-order valence-electron chi connectivity index (χ3n) is 5.33. The highest BCUT2D eigenvalue weighted by atomic mass is 35.5. The summed E-state index contributed by atoms with van der Waals surface area (Å²) in [7, 11) is 0. The fourth-order valence-electron chi connectivity index (χ4n) is 3.80. The van der Waals surface area contributed by atoms with Gasteiger partial charge >= 0.3 is 5.97 Å². The van der Waals surface area contributed by atoms with Crippen molar-refractivity contribution in [3.8, 4) is 0 Å². The van der Waals surface area contributed by atoms with Gasteiger partial charge < -0.3 is 14.5 Å². The molecule has 2 aliphatic heterocycles. The van der Waals surface area contributed by atoms with E-state index in [1.54, 1.807) is 41.8 Å². The van der Waals surface area contributed by atoms with Crippen molar-refractivity contribution in [2.45, 2.75) is 37.5 Å². The van der Waals surface area contributed by atoms with Crippen LogP contribution in [0.5, 0.6) is 0 Å². The summed E-state index contributed by atoms with van der Waals surface area (Å²) in [6.45, 7) is 3.87. The van der Waals surface area contributed by atoms with Crippen LogP contribution in [-0.4, -0.2) is 64.4 Å². The summed E-state index contributed by atoms with van der Waals surface area (Å²) in [5, 5.41) is 0.781. The van der Waals surface area contributed by atoms with Crippen LogP contribution in [-0.2, 0) is 14.3 Å². The van der Waals surface area contributed by atoms with Crippen molar-refractivity contribution in [3.05, 3.63) is 33.8 Å². The number of thioether (sulfide) groups is 1. The number of piperidine rings is 1. The second-order valence-corrected chi connectivity index (χ2v) is 9.34. The minimum absolute atomic E-state index is 0.0433. The quantitative estimate of drug-likeness (QED) is 0.626. The number of amides is 2. The highest BCUT2D eigenvalue weighted by Crippen LogP contribution is 2.44. The normalized spacial score (nSPS) is 18.2. The maximum Gasteiger partial charge on any atom is 0.306 e. The van der Waals surface area contributed by atoms with Crippen molar-refractivity contribution in [3.63, 3.8) is 0 Å². The van der Waals surface area contributed by atoms with Gasteiger partial charge in [0, 0.05) is 37.4 Å². The predicted octanol–water partition coefficient (Wildman–Crippen LogP) is 3.84. The van der Waals surface area contributed by atoms with Crippen molar-refractivity contribution in [1.29, 1.82) is 0 Å². The summed E-state index contributed by atoms with van der Waals surface area (Å²) >= 11 is 13.8. The van der Waals surface area contributed by atoms with Crippen molar-refractivity contribution in [2.24, 2.45) is 0 Å². The molecule has 1 aromatic rings. The van der Waals surface area contributed by atoms with E-state index in [0.717, 1.165) is 5.75 Å². The van der Waals surface area contributed by atoms with Gasteiger partial charge in [-0.1, -0.05) is 23.2 Å². The zero-order valence-electron chi connectivity index (χ0n) is 16.3. The summed E-state index contributed by atoms with van der Waals surface area (Å²) in [6.07, 6.45) is 1.67. The molecule has 29 heavy (non-hydrogen) atoms. The molecule has 0 bridgehead atoms. The molecule has 1 spiro atoms. The van der Waals surface area contributed by atoms with E-state index in [-0.39, 0.29) is 35.5 Å². The van der Waals surface area contributed by atoms with Gasteiger partial charge in [0.1, 0.15) is 0 Å². The molecule has 158 valence electrons. The highest BCUT2D eigenvalue weighted by molar-refractivity contribution is 8.00. The standard InChI is InChI=1S/C20H24Cl2N2O4S/c1-2-28-18(26)6-5-17(25)23-9-7-20(8-10-23)24(11-12-29-20)19(27)14-3-4-15(21)16(22)13-14/h3-4,13H,2,5-12H2,1H3. The van der Waals surface area contributed by atoms with Crippen LogP contribution in [0.2, 0.25) is 10.0 Å². The number of esters is 1. The summed E-state index contributed by atoms with van der Waals surface area (Å²) in [4.78, 5) is 40.4. The first-order chi connectivity index (χ1) is 13.9. The minimum Gasteiger partial charge on any atom is -0.466 e. The Balaban J connectivity index is 1.61. The Morgan fingerprint density at radius 2 is 1.83 bits per heavy atom. The first kappa shape index (κ1) is 22.2. The zero-order chi connectivity index (χ0) is 21.0. The molecule has 9 heteroatoms. The van der Waals surface area contributed by atoms with E-state index in [1.165, 1.54) is 0 Å². The third kappa shape index (κ3) is 5.01. The largest absolute Gasteiger partial charge is 0.466 e. The number of rotatable bonds is 5. The number of halogens is 2. The van der Waals surface area contributed by atoms with E-state index < -0.39 is 0 Å². The summed E-state index contributed by atoms with van der Waals surface area (Å²) in [5.74, 6) is 0.414. The van der Waals surface area contributed by atoms with Gasteiger partial charge in [-0.15, -0.1) is 11.8 Å². The molecule has 0 atom stereocenters. The van der Waals surface area contributed by atoms with Crippen LogP contribution in [0.25, 0.3) is 0 Å². The van der Waals surface area contributed by atoms with E-state index in [2.05, 4.69) is 0 Å². The van der Waals surface area contributed by atoms with Crippen molar-refractivity contribution in [1.82, 2.24) is 9.80 Å². The van der Waals surface area contributed by atoms with Gasteiger partial charge in [-0.25, -0.2) is 0 Å². The first-order valence-electron chi connectivity index (χ1n) is 9.70. The van der Waals surface area contributed by atoms with Crippen LogP contribution in [0.15, 0.2) is 18.2 Å². The van der Waals surface area contributed by atoms with E-state index in [9.17, 15) is 14.4 Å². The van der Waals surface area contributed by atoms with Crippen molar-refractivity contribution in [2.75, 3.05) is 32.0 Å². The molecular formula is C20H24Cl2N2O4S. The fourth-order valence-corrected chi connectivity index (χ4v) is 5.55. The van der Waals surface area contributed by atoms with E-state index in [0.29, 0.717) is 54.7 Å². The summed E-state index contributed by atoms with van der Waals surface area (Å²) in [6, 6.07) is 4.94. The van der Waals surface area contributed by atoms with Gasteiger partial charge in [0.25, 0.3) is 5.91 Å². The Morgan fingerprint density at radius 3 is 2.48 bits per heavy atom. The lowest BCUT2D eigenvalue weighted by Crippen LogP contribution is -2.53. The Bertz CT molecular complexity index is 797. The molecule has 6 nitrogen and oxygen atoms in total. The molecule has 0 saturated carbocycles.